The molecule has 0 aliphatic heterocycles. The van der Waals surface area contributed by atoms with E-state index in [1.807, 2.05) is 6.07 Å². The Bertz CT molecular complexity index is 612. The third-order valence-electron chi connectivity index (χ3n) is 2.52. The highest BCUT2D eigenvalue weighted by Crippen LogP contribution is 2.15. The Morgan fingerprint density at radius 3 is 2.32 bits per heavy atom. The fraction of sp³-hybridized carbons (Fsp3) is 0.0667. The van der Waals surface area contributed by atoms with Gasteiger partial charge in [0, 0.05) is 10.6 Å². The van der Waals surface area contributed by atoms with Crippen molar-refractivity contribution in [3.63, 3.8) is 0 Å². The minimum absolute atomic E-state index is 0.0481. The summed E-state index contributed by atoms with van der Waals surface area (Å²) < 4.78 is 5.36. The van der Waals surface area contributed by atoms with E-state index < -0.39 is 0 Å². The van der Waals surface area contributed by atoms with Crippen molar-refractivity contribution in [1.82, 2.24) is 0 Å². The lowest BCUT2D eigenvalue weighted by atomic mass is 10.1. The predicted octanol–water partition coefficient (Wildman–Crippen LogP) is 3.47. The summed E-state index contributed by atoms with van der Waals surface area (Å²) in [6.45, 7) is -0.0481. The van der Waals surface area contributed by atoms with Crippen molar-refractivity contribution in [2.24, 2.45) is 0 Å². The van der Waals surface area contributed by atoms with Crippen LogP contribution in [0.5, 0.6) is 5.75 Å². The lowest BCUT2D eigenvalue weighted by Crippen LogP contribution is -2.11. The van der Waals surface area contributed by atoms with Crippen molar-refractivity contribution in [2.75, 3.05) is 6.61 Å². The normalized spacial score (nSPS) is 9.68. The molecule has 4 heteroatoms. The van der Waals surface area contributed by atoms with Gasteiger partial charge >= 0.3 is 0 Å². The van der Waals surface area contributed by atoms with E-state index in [-0.39, 0.29) is 12.4 Å². The second-order valence-electron chi connectivity index (χ2n) is 3.85. The smallest absolute Gasteiger partial charge is 0.200 e. The highest BCUT2D eigenvalue weighted by Gasteiger charge is 2.06. The SMILES string of the molecule is N#Cc1ccc(C(=O)COc2ccc(Cl)cc2)cc1. The van der Waals surface area contributed by atoms with Crippen LogP contribution in [0.4, 0.5) is 0 Å². The molecule has 0 bridgehead atoms. The van der Waals surface area contributed by atoms with Crippen LogP contribution < -0.4 is 4.74 Å². The number of carbonyl (C=O) groups is 1. The summed E-state index contributed by atoms with van der Waals surface area (Å²) in [4.78, 5) is 11.9. The van der Waals surface area contributed by atoms with Crippen molar-refractivity contribution in [3.05, 3.63) is 64.7 Å². The van der Waals surface area contributed by atoms with Gasteiger partial charge in [0.1, 0.15) is 5.75 Å². The first-order valence-electron chi connectivity index (χ1n) is 5.61. The zero-order chi connectivity index (χ0) is 13.7. The van der Waals surface area contributed by atoms with Gasteiger partial charge < -0.3 is 4.74 Å². The van der Waals surface area contributed by atoms with E-state index in [1.54, 1.807) is 48.5 Å². The molecule has 2 rings (SSSR count). The average Bonchev–Trinajstić information content (AvgIpc) is 2.46. The molecule has 0 unspecified atom stereocenters. The van der Waals surface area contributed by atoms with Gasteiger partial charge in [0.25, 0.3) is 0 Å². The third kappa shape index (κ3) is 3.57. The number of carbonyl (C=O) groups excluding carboxylic acids is 1. The standard InChI is InChI=1S/C15H10ClNO2/c16-13-5-7-14(8-6-13)19-10-15(18)12-3-1-11(9-17)2-4-12/h1-8H,10H2. The summed E-state index contributed by atoms with van der Waals surface area (Å²) in [5.74, 6) is 0.450. The maximum atomic E-state index is 11.9. The van der Waals surface area contributed by atoms with Gasteiger partial charge in [0.2, 0.25) is 0 Å². The Balaban J connectivity index is 1.97. The number of ether oxygens (including phenoxy) is 1. The minimum atomic E-state index is -0.139. The molecule has 2 aromatic rings. The van der Waals surface area contributed by atoms with Crippen LogP contribution >= 0.6 is 11.6 Å². The van der Waals surface area contributed by atoms with Crippen LogP contribution in [0.25, 0.3) is 0 Å². The topological polar surface area (TPSA) is 50.1 Å². The zero-order valence-electron chi connectivity index (χ0n) is 9.97. The maximum Gasteiger partial charge on any atom is 0.200 e. The molecule has 0 saturated heterocycles. The summed E-state index contributed by atoms with van der Waals surface area (Å²) in [7, 11) is 0. The second kappa shape index (κ2) is 6.03. The van der Waals surface area contributed by atoms with E-state index in [9.17, 15) is 4.79 Å². The summed E-state index contributed by atoms with van der Waals surface area (Å²) in [5.41, 5.74) is 1.04. The Kier molecular flexibility index (Phi) is 4.17. The highest BCUT2D eigenvalue weighted by atomic mass is 35.5. The number of hydrogen-bond acceptors (Lipinski definition) is 3. The van der Waals surface area contributed by atoms with Gasteiger partial charge in [-0.2, -0.15) is 5.26 Å². The minimum Gasteiger partial charge on any atom is -0.485 e. The number of hydrogen-bond donors (Lipinski definition) is 0. The van der Waals surface area contributed by atoms with Gasteiger partial charge in [-0.1, -0.05) is 11.6 Å². The molecule has 0 spiro atoms. The van der Waals surface area contributed by atoms with Gasteiger partial charge in [0.05, 0.1) is 11.6 Å². The number of halogens is 1. The van der Waals surface area contributed by atoms with Crippen LogP contribution in [-0.4, -0.2) is 12.4 Å². The van der Waals surface area contributed by atoms with E-state index in [0.29, 0.717) is 21.9 Å². The van der Waals surface area contributed by atoms with Crippen LogP contribution in [0.1, 0.15) is 15.9 Å². The molecule has 0 aromatic heterocycles. The molecule has 0 fully saturated rings. The fourth-order valence-electron chi connectivity index (χ4n) is 1.49. The number of ketones is 1. The van der Waals surface area contributed by atoms with Gasteiger partial charge in [-0.05, 0) is 48.5 Å². The molecule has 0 atom stereocenters. The first kappa shape index (κ1) is 13.1. The largest absolute Gasteiger partial charge is 0.485 e. The van der Waals surface area contributed by atoms with Crippen LogP contribution in [0, 0.1) is 11.3 Å². The summed E-state index contributed by atoms with van der Waals surface area (Å²) >= 11 is 5.75. The average molecular weight is 272 g/mol. The molecule has 94 valence electrons. The molecular formula is C15H10ClNO2. The highest BCUT2D eigenvalue weighted by molar-refractivity contribution is 6.30. The lowest BCUT2D eigenvalue weighted by Gasteiger charge is -2.05. The van der Waals surface area contributed by atoms with Crippen LogP contribution in [0.15, 0.2) is 48.5 Å². The molecule has 0 saturated carbocycles. The molecule has 0 heterocycles. The second-order valence-corrected chi connectivity index (χ2v) is 4.29. The quantitative estimate of drug-likeness (QED) is 0.800. The Morgan fingerprint density at radius 1 is 1.11 bits per heavy atom. The van der Waals surface area contributed by atoms with E-state index in [1.165, 1.54) is 0 Å². The third-order valence-corrected chi connectivity index (χ3v) is 2.77. The van der Waals surface area contributed by atoms with Crippen molar-refractivity contribution >= 4 is 17.4 Å². The fourth-order valence-corrected chi connectivity index (χ4v) is 1.62. The monoisotopic (exact) mass is 271 g/mol. The number of nitrogens with zero attached hydrogens (tertiary/aromatic N) is 1. The van der Waals surface area contributed by atoms with Gasteiger partial charge in [-0.3, -0.25) is 4.79 Å². The molecular weight excluding hydrogens is 262 g/mol. The molecule has 0 amide bonds. The number of Topliss-reactive ketones (excluding diaryl/α,β-unsaturated/α-hetero) is 1. The first-order valence-corrected chi connectivity index (χ1v) is 5.98. The Morgan fingerprint density at radius 2 is 1.74 bits per heavy atom. The van der Waals surface area contributed by atoms with Crippen LogP contribution in [0.3, 0.4) is 0 Å². The van der Waals surface area contributed by atoms with Crippen molar-refractivity contribution in [3.8, 4) is 11.8 Å². The van der Waals surface area contributed by atoms with E-state index in [0.717, 1.165) is 0 Å². The Hall–Kier alpha value is -2.31. The van der Waals surface area contributed by atoms with Crippen molar-refractivity contribution < 1.29 is 9.53 Å². The predicted molar refractivity (Wildman–Crippen MR) is 72.4 cm³/mol. The first-order chi connectivity index (χ1) is 9.19. The lowest BCUT2D eigenvalue weighted by molar-refractivity contribution is 0.0921. The van der Waals surface area contributed by atoms with Crippen molar-refractivity contribution in [2.45, 2.75) is 0 Å². The molecule has 3 nitrogen and oxygen atoms in total. The van der Waals surface area contributed by atoms with Crippen LogP contribution in [-0.2, 0) is 0 Å². The number of rotatable bonds is 4. The maximum absolute atomic E-state index is 11.9. The van der Waals surface area contributed by atoms with Gasteiger partial charge in [-0.25, -0.2) is 0 Å². The van der Waals surface area contributed by atoms with Crippen LogP contribution in [0.2, 0.25) is 5.02 Å². The molecule has 19 heavy (non-hydrogen) atoms. The number of nitriles is 1. The van der Waals surface area contributed by atoms with Crippen molar-refractivity contribution in [1.29, 1.82) is 5.26 Å². The van der Waals surface area contributed by atoms with Gasteiger partial charge in [-0.15, -0.1) is 0 Å². The van der Waals surface area contributed by atoms with E-state index in [2.05, 4.69) is 0 Å². The summed E-state index contributed by atoms with van der Waals surface area (Å²) in [5, 5.41) is 9.29. The Labute approximate surface area is 116 Å². The number of benzene rings is 2. The van der Waals surface area contributed by atoms with E-state index >= 15 is 0 Å². The summed E-state index contributed by atoms with van der Waals surface area (Å²) in [6, 6.07) is 15.2. The summed E-state index contributed by atoms with van der Waals surface area (Å²) in [6.07, 6.45) is 0. The van der Waals surface area contributed by atoms with E-state index in [4.69, 9.17) is 21.6 Å². The molecule has 0 aliphatic carbocycles. The molecule has 0 aliphatic rings. The zero-order valence-corrected chi connectivity index (χ0v) is 10.7. The molecule has 0 N–H and O–H groups in total. The molecule has 0 radical (unpaired) electrons. The van der Waals surface area contributed by atoms with Gasteiger partial charge in [0.15, 0.2) is 12.4 Å². The molecule has 2 aromatic carbocycles.